The van der Waals surface area contributed by atoms with Gasteiger partial charge in [0.1, 0.15) is 0 Å². The van der Waals surface area contributed by atoms with Crippen LogP contribution in [0.4, 0.5) is 0 Å². The molecule has 1 rings (SSSR count). The molecule has 14 heavy (non-hydrogen) atoms. The summed E-state index contributed by atoms with van der Waals surface area (Å²) < 4.78 is 5.50. The van der Waals surface area contributed by atoms with Crippen molar-refractivity contribution in [3.63, 3.8) is 0 Å². The molecule has 0 aliphatic heterocycles. The number of carbonyl (C=O) groups excluding carboxylic acids is 1. The van der Waals surface area contributed by atoms with E-state index in [1.54, 1.807) is 6.92 Å². The zero-order valence-corrected chi connectivity index (χ0v) is 9.95. The monoisotopic (exact) mass is 231 g/mol. The Hall–Kier alpha value is -0.550. The molecule has 0 bridgehead atoms. The molecule has 0 fully saturated rings. The summed E-state index contributed by atoms with van der Waals surface area (Å²) in [6.07, 6.45) is 1.90. The number of thiazole rings is 1. The third-order valence-corrected chi connectivity index (χ3v) is 2.99. The van der Waals surface area contributed by atoms with Crippen LogP contribution in [-0.2, 0) is 11.2 Å². The molecule has 1 heterocycles. The van der Waals surface area contributed by atoms with Crippen molar-refractivity contribution in [1.29, 1.82) is 0 Å². The highest BCUT2D eigenvalue weighted by Gasteiger charge is 2.16. The summed E-state index contributed by atoms with van der Waals surface area (Å²) in [5, 5.41) is 0.945. The highest BCUT2D eigenvalue weighted by atomic mass is 32.2. The minimum absolute atomic E-state index is 0.351. The van der Waals surface area contributed by atoms with Crippen LogP contribution in [0.15, 0.2) is 4.21 Å². The molecule has 0 aromatic carbocycles. The smallest absolute Gasteiger partial charge is 0.358 e. The Morgan fingerprint density at radius 2 is 2.29 bits per heavy atom. The zero-order chi connectivity index (χ0) is 10.6. The number of ether oxygens (including phenoxy) is 1. The average Bonchev–Trinajstić information content (AvgIpc) is 2.48. The summed E-state index contributed by atoms with van der Waals surface area (Å²) in [6.45, 7) is 4.21. The van der Waals surface area contributed by atoms with E-state index >= 15 is 0 Å². The van der Waals surface area contributed by atoms with Crippen LogP contribution in [0.25, 0.3) is 0 Å². The van der Waals surface area contributed by atoms with Gasteiger partial charge in [0.05, 0.1) is 15.8 Å². The number of thiol groups is 1. The van der Waals surface area contributed by atoms with E-state index in [2.05, 4.69) is 24.5 Å². The number of aromatic nitrogens is 1. The van der Waals surface area contributed by atoms with Crippen LogP contribution in [0.1, 0.15) is 35.8 Å². The molecule has 0 N–H and O–H groups in total. The molecule has 0 atom stereocenters. The van der Waals surface area contributed by atoms with E-state index in [4.69, 9.17) is 4.74 Å². The zero-order valence-electron chi connectivity index (χ0n) is 8.24. The van der Waals surface area contributed by atoms with Gasteiger partial charge in [0.15, 0.2) is 5.69 Å². The van der Waals surface area contributed by atoms with E-state index in [0.29, 0.717) is 16.5 Å². The highest BCUT2D eigenvalue weighted by Crippen LogP contribution is 2.23. The number of nitrogens with zero attached hydrogens (tertiary/aromatic N) is 1. The van der Waals surface area contributed by atoms with Gasteiger partial charge in [0, 0.05) is 0 Å². The lowest BCUT2D eigenvalue weighted by Gasteiger charge is -1.97. The summed E-state index contributed by atoms with van der Waals surface area (Å²) >= 11 is 5.64. The Bertz CT molecular complexity index is 323. The molecular formula is C9H13NO2S2. The average molecular weight is 231 g/mol. The Morgan fingerprint density at radius 3 is 2.86 bits per heavy atom. The van der Waals surface area contributed by atoms with Gasteiger partial charge in [-0.25, -0.2) is 9.78 Å². The van der Waals surface area contributed by atoms with Crippen molar-refractivity contribution in [2.75, 3.05) is 6.61 Å². The minimum atomic E-state index is -0.379. The molecule has 1 aromatic heterocycles. The van der Waals surface area contributed by atoms with Gasteiger partial charge in [-0.3, -0.25) is 0 Å². The van der Waals surface area contributed by atoms with Crippen molar-refractivity contribution in [3.8, 4) is 0 Å². The fraction of sp³-hybridized carbons (Fsp3) is 0.556. The second kappa shape index (κ2) is 5.36. The van der Waals surface area contributed by atoms with Gasteiger partial charge in [0.25, 0.3) is 0 Å². The van der Waals surface area contributed by atoms with Gasteiger partial charge in [-0.2, -0.15) is 0 Å². The van der Waals surface area contributed by atoms with Gasteiger partial charge in [-0.05, 0) is 19.8 Å². The van der Waals surface area contributed by atoms with Gasteiger partial charge >= 0.3 is 5.97 Å². The van der Waals surface area contributed by atoms with Crippen LogP contribution in [-0.4, -0.2) is 17.6 Å². The maximum atomic E-state index is 11.4. The molecule has 0 saturated heterocycles. The molecule has 0 amide bonds. The van der Waals surface area contributed by atoms with E-state index in [1.165, 1.54) is 11.3 Å². The first-order valence-corrected chi connectivity index (χ1v) is 5.81. The fourth-order valence-corrected chi connectivity index (χ4v) is 2.36. The summed E-state index contributed by atoms with van der Waals surface area (Å²) in [6, 6.07) is 0. The molecule has 0 aliphatic rings. The molecule has 0 aliphatic carbocycles. The lowest BCUT2D eigenvalue weighted by atomic mass is 10.3. The first-order chi connectivity index (χ1) is 6.69. The van der Waals surface area contributed by atoms with Crippen molar-refractivity contribution in [2.45, 2.75) is 30.9 Å². The van der Waals surface area contributed by atoms with Crippen LogP contribution in [0.3, 0.4) is 0 Å². The Morgan fingerprint density at radius 1 is 1.57 bits per heavy atom. The Kier molecular flexibility index (Phi) is 4.41. The molecule has 78 valence electrons. The number of aryl methyl sites for hydroxylation is 1. The molecule has 1 aromatic rings. The topological polar surface area (TPSA) is 39.2 Å². The third kappa shape index (κ3) is 2.72. The molecular weight excluding hydrogens is 218 g/mol. The highest BCUT2D eigenvalue weighted by molar-refractivity contribution is 7.83. The molecule has 0 unspecified atom stereocenters. The van der Waals surface area contributed by atoms with Crippen LogP contribution in [0, 0.1) is 0 Å². The SMILES string of the molecule is CCCc1nc(C(=O)OCC)c(S)s1. The largest absolute Gasteiger partial charge is 0.461 e. The maximum Gasteiger partial charge on any atom is 0.358 e. The van der Waals surface area contributed by atoms with Crippen LogP contribution in [0.2, 0.25) is 0 Å². The fourth-order valence-electron chi connectivity index (χ4n) is 1.01. The summed E-state index contributed by atoms with van der Waals surface area (Å²) in [5.74, 6) is -0.379. The summed E-state index contributed by atoms with van der Waals surface area (Å²) in [4.78, 5) is 15.5. The van der Waals surface area contributed by atoms with Gasteiger partial charge in [0.2, 0.25) is 0 Å². The molecule has 0 saturated carbocycles. The van der Waals surface area contributed by atoms with E-state index in [9.17, 15) is 4.79 Å². The predicted molar refractivity (Wildman–Crippen MR) is 59.3 cm³/mol. The third-order valence-electron chi connectivity index (χ3n) is 1.59. The van der Waals surface area contributed by atoms with Crippen LogP contribution >= 0.6 is 24.0 Å². The Balaban J connectivity index is 2.81. The molecule has 5 heteroatoms. The quantitative estimate of drug-likeness (QED) is 0.639. The first-order valence-electron chi connectivity index (χ1n) is 4.54. The van der Waals surface area contributed by atoms with Crippen molar-refractivity contribution in [1.82, 2.24) is 4.98 Å². The standard InChI is InChI=1S/C9H13NO2S2/c1-3-5-6-10-7(9(13)14-6)8(11)12-4-2/h13H,3-5H2,1-2H3. The van der Waals surface area contributed by atoms with Gasteiger partial charge in [-0.1, -0.05) is 6.92 Å². The van der Waals surface area contributed by atoms with Gasteiger partial charge in [-0.15, -0.1) is 24.0 Å². The van der Waals surface area contributed by atoms with Crippen molar-refractivity contribution in [3.05, 3.63) is 10.7 Å². The number of esters is 1. The van der Waals surface area contributed by atoms with Crippen molar-refractivity contribution < 1.29 is 9.53 Å². The number of hydrogen-bond donors (Lipinski definition) is 1. The predicted octanol–water partition coefficient (Wildman–Crippen LogP) is 2.56. The summed E-state index contributed by atoms with van der Waals surface area (Å²) in [7, 11) is 0. The Labute approximate surface area is 92.9 Å². The lowest BCUT2D eigenvalue weighted by Crippen LogP contribution is -2.05. The lowest BCUT2D eigenvalue weighted by molar-refractivity contribution is 0.0516. The molecule has 0 radical (unpaired) electrons. The molecule has 0 spiro atoms. The number of hydrogen-bond acceptors (Lipinski definition) is 5. The number of rotatable bonds is 4. The van der Waals surface area contributed by atoms with Crippen LogP contribution < -0.4 is 0 Å². The van der Waals surface area contributed by atoms with E-state index in [0.717, 1.165) is 17.8 Å². The second-order valence-corrected chi connectivity index (χ2v) is 4.57. The minimum Gasteiger partial charge on any atom is -0.461 e. The number of carbonyl (C=O) groups is 1. The van der Waals surface area contributed by atoms with Crippen molar-refractivity contribution >= 4 is 29.9 Å². The van der Waals surface area contributed by atoms with E-state index in [1.807, 2.05) is 0 Å². The maximum absolute atomic E-state index is 11.4. The molecule has 3 nitrogen and oxygen atoms in total. The second-order valence-electron chi connectivity index (χ2n) is 2.73. The van der Waals surface area contributed by atoms with E-state index < -0.39 is 0 Å². The first kappa shape index (κ1) is 11.5. The summed E-state index contributed by atoms with van der Waals surface area (Å²) in [5.41, 5.74) is 0.351. The van der Waals surface area contributed by atoms with Gasteiger partial charge < -0.3 is 4.74 Å². The van der Waals surface area contributed by atoms with Crippen molar-refractivity contribution in [2.24, 2.45) is 0 Å². The normalized spacial score (nSPS) is 10.2. The van der Waals surface area contributed by atoms with Crippen LogP contribution in [0.5, 0.6) is 0 Å². The van der Waals surface area contributed by atoms with E-state index in [-0.39, 0.29) is 5.97 Å².